The molecule has 0 saturated heterocycles. The summed E-state index contributed by atoms with van der Waals surface area (Å²) in [6.45, 7) is 4.22. The number of hydrogen-bond acceptors (Lipinski definition) is 0. The molecule has 2 atom stereocenters. The highest BCUT2D eigenvalue weighted by atomic mass is 35.5. The van der Waals surface area contributed by atoms with Crippen LogP contribution >= 0.6 is 23.2 Å². The Hall–Kier alpha value is -0.200. The molecule has 1 aromatic carbocycles. The van der Waals surface area contributed by atoms with Gasteiger partial charge in [-0.15, -0.1) is 11.6 Å². The number of halogens is 2. The van der Waals surface area contributed by atoms with Crippen molar-refractivity contribution in [3.63, 3.8) is 0 Å². The second-order valence-corrected chi connectivity index (χ2v) is 4.78. The van der Waals surface area contributed by atoms with E-state index < -0.39 is 0 Å². The van der Waals surface area contributed by atoms with E-state index in [0.717, 1.165) is 11.4 Å². The Morgan fingerprint density at radius 2 is 2.08 bits per heavy atom. The normalized spacial score (nSPS) is 26.2. The van der Waals surface area contributed by atoms with E-state index in [4.69, 9.17) is 23.2 Å². The van der Waals surface area contributed by atoms with Gasteiger partial charge in [0, 0.05) is 5.02 Å². The van der Waals surface area contributed by atoms with Gasteiger partial charge in [-0.05, 0) is 42.0 Å². The van der Waals surface area contributed by atoms with Crippen molar-refractivity contribution in [3.8, 4) is 0 Å². The maximum atomic E-state index is 6.28. The summed E-state index contributed by atoms with van der Waals surface area (Å²) in [5.74, 6) is 0.510. The van der Waals surface area contributed by atoms with Gasteiger partial charge in [0.25, 0.3) is 0 Å². The first kappa shape index (κ1) is 9.36. The van der Waals surface area contributed by atoms with E-state index in [1.54, 1.807) is 0 Å². The zero-order chi connectivity index (χ0) is 9.59. The average Bonchev–Trinajstić information content (AvgIpc) is 2.32. The van der Waals surface area contributed by atoms with Crippen LogP contribution in [0.4, 0.5) is 0 Å². The Balaban J connectivity index is 2.57. The molecule has 13 heavy (non-hydrogen) atoms. The van der Waals surface area contributed by atoms with E-state index in [9.17, 15) is 0 Å². The van der Waals surface area contributed by atoms with Crippen LogP contribution in [0.1, 0.15) is 29.0 Å². The van der Waals surface area contributed by atoms with Crippen LogP contribution in [0.3, 0.4) is 0 Å². The van der Waals surface area contributed by atoms with Gasteiger partial charge in [0.15, 0.2) is 0 Å². The predicted octanol–water partition coefficient (Wildman–Crippen LogP) is 4.12. The minimum absolute atomic E-state index is 0.146. The summed E-state index contributed by atoms with van der Waals surface area (Å²) in [4.78, 5) is 0. The molecule has 1 aliphatic rings. The molecule has 0 heterocycles. The van der Waals surface area contributed by atoms with Gasteiger partial charge in [0.2, 0.25) is 0 Å². The summed E-state index contributed by atoms with van der Waals surface area (Å²) in [7, 11) is 0. The van der Waals surface area contributed by atoms with Gasteiger partial charge in [-0.3, -0.25) is 0 Å². The minimum Gasteiger partial charge on any atom is -0.118 e. The first-order valence-electron chi connectivity index (χ1n) is 4.52. The van der Waals surface area contributed by atoms with E-state index in [1.807, 2.05) is 6.07 Å². The van der Waals surface area contributed by atoms with Crippen LogP contribution in [0.2, 0.25) is 5.02 Å². The molecule has 0 aliphatic heterocycles. The zero-order valence-corrected chi connectivity index (χ0v) is 9.28. The van der Waals surface area contributed by atoms with Crippen molar-refractivity contribution in [1.29, 1.82) is 0 Å². The molecule has 0 nitrogen and oxygen atoms in total. The molecular weight excluding hydrogens is 203 g/mol. The standard InChI is InChI=1S/C11H12Cl2/c1-6-3-9-8(10(12)4-6)5-7(2)11(9)13/h3-4,7,11H,5H2,1-2H3. The Labute approximate surface area is 88.9 Å². The third-order valence-electron chi connectivity index (χ3n) is 2.70. The molecule has 0 bridgehead atoms. The smallest absolute Gasteiger partial charge is 0.0617 e. The fourth-order valence-electron chi connectivity index (χ4n) is 1.99. The molecule has 0 fully saturated rings. The van der Waals surface area contributed by atoms with E-state index >= 15 is 0 Å². The van der Waals surface area contributed by atoms with Gasteiger partial charge >= 0.3 is 0 Å². The predicted molar refractivity (Wildman–Crippen MR) is 57.7 cm³/mol. The molecule has 0 spiro atoms. The van der Waals surface area contributed by atoms with Crippen LogP contribution in [-0.4, -0.2) is 0 Å². The van der Waals surface area contributed by atoms with Crippen molar-refractivity contribution >= 4 is 23.2 Å². The van der Waals surface area contributed by atoms with Gasteiger partial charge in [-0.2, -0.15) is 0 Å². The molecule has 0 amide bonds. The maximum absolute atomic E-state index is 6.28. The molecule has 2 unspecified atom stereocenters. The van der Waals surface area contributed by atoms with Crippen molar-refractivity contribution in [2.75, 3.05) is 0 Å². The Bertz CT molecular complexity index is 344. The van der Waals surface area contributed by atoms with Crippen LogP contribution in [-0.2, 0) is 6.42 Å². The second-order valence-electron chi connectivity index (χ2n) is 3.90. The van der Waals surface area contributed by atoms with E-state index in [0.29, 0.717) is 5.92 Å². The Morgan fingerprint density at radius 1 is 1.38 bits per heavy atom. The van der Waals surface area contributed by atoms with Crippen LogP contribution < -0.4 is 0 Å². The topological polar surface area (TPSA) is 0 Å². The summed E-state index contributed by atoms with van der Waals surface area (Å²) in [6.07, 6.45) is 1.02. The van der Waals surface area contributed by atoms with Gasteiger partial charge < -0.3 is 0 Å². The van der Waals surface area contributed by atoms with Crippen molar-refractivity contribution in [2.24, 2.45) is 5.92 Å². The van der Waals surface area contributed by atoms with Crippen molar-refractivity contribution in [1.82, 2.24) is 0 Å². The summed E-state index contributed by atoms with van der Waals surface area (Å²) >= 11 is 12.4. The van der Waals surface area contributed by atoms with Gasteiger partial charge in [0.05, 0.1) is 5.38 Å². The zero-order valence-electron chi connectivity index (χ0n) is 7.77. The summed E-state index contributed by atoms with van der Waals surface area (Å²) < 4.78 is 0. The molecule has 1 aliphatic carbocycles. The van der Waals surface area contributed by atoms with E-state index in [-0.39, 0.29) is 5.38 Å². The van der Waals surface area contributed by atoms with Crippen molar-refractivity contribution in [2.45, 2.75) is 25.6 Å². The lowest BCUT2D eigenvalue weighted by Gasteiger charge is -2.07. The number of aryl methyl sites for hydroxylation is 1. The lowest BCUT2D eigenvalue weighted by atomic mass is 10.1. The first-order chi connectivity index (χ1) is 6.09. The SMILES string of the molecule is Cc1cc(Cl)c2c(c1)C(Cl)C(C)C2. The average molecular weight is 215 g/mol. The monoisotopic (exact) mass is 214 g/mol. The van der Waals surface area contributed by atoms with Gasteiger partial charge in [-0.1, -0.05) is 24.6 Å². The third-order valence-corrected chi connectivity index (χ3v) is 3.70. The van der Waals surface area contributed by atoms with Crippen LogP contribution in [0.5, 0.6) is 0 Å². The second kappa shape index (κ2) is 3.18. The van der Waals surface area contributed by atoms with Gasteiger partial charge in [0.1, 0.15) is 0 Å². The van der Waals surface area contributed by atoms with Crippen LogP contribution in [0, 0.1) is 12.8 Å². The fourth-order valence-corrected chi connectivity index (χ4v) is 2.63. The number of benzene rings is 1. The lowest BCUT2D eigenvalue weighted by Crippen LogP contribution is -1.94. The Morgan fingerprint density at radius 3 is 2.77 bits per heavy atom. The molecular formula is C11H12Cl2. The Kier molecular flexibility index (Phi) is 2.29. The highest BCUT2D eigenvalue weighted by Crippen LogP contribution is 2.43. The molecule has 0 aromatic heterocycles. The summed E-state index contributed by atoms with van der Waals surface area (Å²) in [5, 5.41) is 1.03. The van der Waals surface area contributed by atoms with Gasteiger partial charge in [-0.25, -0.2) is 0 Å². The molecule has 0 N–H and O–H groups in total. The minimum atomic E-state index is 0.146. The molecule has 70 valence electrons. The van der Waals surface area contributed by atoms with E-state index in [1.165, 1.54) is 16.7 Å². The largest absolute Gasteiger partial charge is 0.118 e. The van der Waals surface area contributed by atoms with E-state index in [2.05, 4.69) is 19.9 Å². The van der Waals surface area contributed by atoms with Crippen molar-refractivity contribution in [3.05, 3.63) is 33.8 Å². The molecule has 1 aromatic rings. The molecule has 2 heteroatoms. The summed E-state index contributed by atoms with van der Waals surface area (Å²) in [5.41, 5.74) is 3.68. The highest BCUT2D eigenvalue weighted by molar-refractivity contribution is 6.32. The highest BCUT2D eigenvalue weighted by Gasteiger charge is 2.29. The quantitative estimate of drug-likeness (QED) is 0.571. The molecule has 0 saturated carbocycles. The fraction of sp³-hybridized carbons (Fsp3) is 0.455. The molecule has 2 rings (SSSR count). The number of alkyl halides is 1. The lowest BCUT2D eigenvalue weighted by molar-refractivity contribution is 0.609. The van der Waals surface area contributed by atoms with Crippen LogP contribution in [0.25, 0.3) is 0 Å². The summed E-state index contributed by atoms with van der Waals surface area (Å²) in [6, 6.07) is 4.17. The number of fused-ring (bicyclic) bond motifs is 1. The third kappa shape index (κ3) is 1.47. The maximum Gasteiger partial charge on any atom is 0.0617 e. The first-order valence-corrected chi connectivity index (χ1v) is 5.34. The molecule has 0 radical (unpaired) electrons. The van der Waals surface area contributed by atoms with Crippen LogP contribution in [0.15, 0.2) is 12.1 Å². The number of rotatable bonds is 0. The number of hydrogen-bond donors (Lipinski definition) is 0. The van der Waals surface area contributed by atoms with Crippen molar-refractivity contribution < 1.29 is 0 Å².